The van der Waals surface area contributed by atoms with Crippen molar-refractivity contribution in [2.24, 2.45) is 0 Å². The molecule has 0 aromatic heterocycles. The Morgan fingerprint density at radius 3 is 2.64 bits per heavy atom. The molecule has 0 spiro atoms. The van der Waals surface area contributed by atoms with Gasteiger partial charge < -0.3 is 5.32 Å². The Morgan fingerprint density at radius 2 is 2.07 bits per heavy atom. The predicted molar refractivity (Wildman–Crippen MR) is 66.0 cm³/mol. The van der Waals surface area contributed by atoms with Gasteiger partial charge in [0.1, 0.15) is 0 Å². The fourth-order valence-electron chi connectivity index (χ4n) is 1.88. The molecule has 0 aromatic carbocycles. The van der Waals surface area contributed by atoms with Gasteiger partial charge >= 0.3 is 0 Å². The summed E-state index contributed by atoms with van der Waals surface area (Å²) in [6.07, 6.45) is 9.49. The molecular formula is C12H20ClN. The van der Waals surface area contributed by atoms with E-state index in [1.165, 1.54) is 5.57 Å². The normalized spacial score (nSPS) is 25.9. The van der Waals surface area contributed by atoms with Crippen LogP contribution in [-0.4, -0.2) is 12.1 Å². The Bertz CT molecular complexity index is 220. The van der Waals surface area contributed by atoms with Gasteiger partial charge in [0, 0.05) is 12.1 Å². The molecular weight excluding hydrogens is 194 g/mol. The van der Waals surface area contributed by atoms with E-state index in [0.717, 1.165) is 19.3 Å². The van der Waals surface area contributed by atoms with Crippen molar-refractivity contribution in [3.8, 4) is 0 Å². The summed E-state index contributed by atoms with van der Waals surface area (Å²) in [6.45, 7) is 9.73. The standard InChI is InChI=1S/C12H19N.ClH/c1-4-6-11-8-10(3)9-12(13-11)7-5-2;/h4-5,8,11-13H,1-2,6-7,9H2,3H3;1H/t11-,12+;/m1./s1. The summed E-state index contributed by atoms with van der Waals surface area (Å²) >= 11 is 0. The van der Waals surface area contributed by atoms with Crippen molar-refractivity contribution >= 4 is 12.4 Å². The van der Waals surface area contributed by atoms with Gasteiger partial charge in [0.25, 0.3) is 0 Å². The number of hydrogen-bond acceptors (Lipinski definition) is 1. The van der Waals surface area contributed by atoms with E-state index in [1.807, 2.05) is 12.2 Å². The fraction of sp³-hybridized carbons (Fsp3) is 0.500. The highest BCUT2D eigenvalue weighted by molar-refractivity contribution is 5.85. The smallest absolute Gasteiger partial charge is 0.0289 e. The number of hydrogen-bond donors (Lipinski definition) is 1. The third-order valence-electron chi connectivity index (χ3n) is 2.38. The zero-order valence-corrected chi connectivity index (χ0v) is 9.65. The lowest BCUT2D eigenvalue weighted by molar-refractivity contribution is 0.444. The molecule has 0 bridgehead atoms. The van der Waals surface area contributed by atoms with Gasteiger partial charge in [-0.15, -0.1) is 25.6 Å². The Hall–Kier alpha value is -0.530. The van der Waals surface area contributed by atoms with Crippen molar-refractivity contribution in [1.29, 1.82) is 0 Å². The van der Waals surface area contributed by atoms with Crippen molar-refractivity contribution in [2.75, 3.05) is 0 Å². The van der Waals surface area contributed by atoms with Crippen LogP contribution in [-0.2, 0) is 0 Å². The number of halogens is 1. The van der Waals surface area contributed by atoms with Crippen molar-refractivity contribution in [3.63, 3.8) is 0 Å². The van der Waals surface area contributed by atoms with Crippen LogP contribution in [0.2, 0.25) is 0 Å². The van der Waals surface area contributed by atoms with Gasteiger partial charge in [-0.3, -0.25) is 0 Å². The first-order valence-electron chi connectivity index (χ1n) is 4.91. The van der Waals surface area contributed by atoms with E-state index < -0.39 is 0 Å². The molecule has 0 fully saturated rings. The average Bonchev–Trinajstić information content (AvgIpc) is 2.04. The summed E-state index contributed by atoms with van der Waals surface area (Å²) in [6, 6.07) is 1.06. The molecule has 1 N–H and O–H groups in total. The molecule has 1 heterocycles. The molecule has 2 atom stereocenters. The minimum atomic E-state index is 0. The maximum Gasteiger partial charge on any atom is 0.0289 e. The van der Waals surface area contributed by atoms with Crippen molar-refractivity contribution in [1.82, 2.24) is 5.32 Å². The van der Waals surface area contributed by atoms with Crippen LogP contribution >= 0.6 is 12.4 Å². The first kappa shape index (κ1) is 13.5. The Morgan fingerprint density at radius 1 is 1.43 bits per heavy atom. The van der Waals surface area contributed by atoms with Crippen LogP contribution in [0.4, 0.5) is 0 Å². The molecule has 0 unspecified atom stereocenters. The predicted octanol–water partition coefficient (Wildman–Crippen LogP) is 3.24. The molecule has 0 radical (unpaired) electrons. The molecule has 0 saturated carbocycles. The summed E-state index contributed by atoms with van der Waals surface area (Å²) in [7, 11) is 0. The maximum atomic E-state index is 3.77. The quantitative estimate of drug-likeness (QED) is 0.708. The lowest BCUT2D eigenvalue weighted by atomic mass is 9.95. The van der Waals surface area contributed by atoms with Gasteiger partial charge in [-0.1, -0.05) is 23.8 Å². The topological polar surface area (TPSA) is 12.0 Å². The van der Waals surface area contributed by atoms with Gasteiger partial charge in [0.15, 0.2) is 0 Å². The lowest BCUT2D eigenvalue weighted by Gasteiger charge is -2.28. The second kappa shape index (κ2) is 6.86. The third-order valence-corrected chi connectivity index (χ3v) is 2.38. The summed E-state index contributed by atoms with van der Waals surface area (Å²) in [5.74, 6) is 0. The lowest BCUT2D eigenvalue weighted by Crippen LogP contribution is -2.40. The molecule has 0 amide bonds. The molecule has 0 aliphatic carbocycles. The number of rotatable bonds is 4. The molecule has 2 heteroatoms. The molecule has 1 rings (SSSR count). The first-order valence-corrected chi connectivity index (χ1v) is 4.91. The van der Waals surface area contributed by atoms with E-state index in [2.05, 4.69) is 31.5 Å². The van der Waals surface area contributed by atoms with Gasteiger partial charge in [-0.2, -0.15) is 0 Å². The van der Waals surface area contributed by atoms with Crippen LogP contribution in [0.15, 0.2) is 37.0 Å². The van der Waals surface area contributed by atoms with Crippen LogP contribution < -0.4 is 5.32 Å². The van der Waals surface area contributed by atoms with Gasteiger partial charge in [0.2, 0.25) is 0 Å². The van der Waals surface area contributed by atoms with Crippen LogP contribution in [0, 0.1) is 0 Å². The maximum absolute atomic E-state index is 3.77. The molecule has 1 nitrogen and oxygen atoms in total. The zero-order chi connectivity index (χ0) is 9.68. The van der Waals surface area contributed by atoms with E-state index in [0.29, 0.717) is 12.1 Å². The highest BCUT2D eigenvalue weighted by Crippen LogP contribution is 2.17. The van der Waals surface area contributed by atoms with Gasteiger partial charge in [0.05, 0.1) is 0 Å². The van der Waals surface area contributed by atoms with E-state index in [1.54, 1.807) is 0 Å². The fourth-order valence-corrected chi connectivity index (χ4v) is 1.88. The minimum absolute atomic E-state index is 0. The SMILES string of the molecule is C=CC[C@H]1CC(C)=C[C@@H](CC=C)N1.Cl. The summed E-state index contributed by atoms with van der Waals surface area (Å²) in [4.78, 5) is 0. The van der Waals surface area contributed by atoms with E-state index in [4.69, 9.17) is 0 Å². The molecule has 1 aliphatic rings. The molecule has 80 valence electrons. The van der Waals surface area contributed by atoms with Crippen LogP contribution in [0.5, 0.6) is 0 Å². The highest BCUT2D eigenvalue weighted by Gasteiger charge is 2.17. The van der Waals surface area contributed by atoms with Crippen LogP contribution in [0.25, 0.3) is 0 Å². The second-order valence-electron chi connectivity index (χ2n) is 3.74. The highest BCUT2D eigenvalue weighted by atomic mass is 35.5. The first-order chi connectivity index (χ1) is 6.26. The third kappa shape index (κ3) is 4.12. The van der Waals surface area contributed by atoms with Crippen LogP contribution in [0.3, 0.4) is 0 Å². The van der Waals surface area contributed by atoms with E-state index in [-0.39, 0.29) is 12.4 Å². The summed E-state index contributed by atoms with van der Waals surface area (Å²) < 4.78 is 0. The van der Waals surface area contributed by atoms with Crippen molar-refractivity contribution < 1.29 is 0 Å². The van der Waals surface area contributed by atoms with Crippen molar-refractivity contribution in [3.05, 3.63) is 37.0 Å². The average molecular weight is 214 g/mol. The van der Waals surface area contributed by atoms with Crippen molar-refractivity contribution in [2.45, 2.75) is 38.3 Å². The Kier molecular flexibility index (Phi) is 6.60. The van der Waals surface area contributed by atoms with Crippen LogP contribution in [0.1, 0.15) is 26.2 Å². The molecule has 1 aliphatic heterocycles. The summed E-state index contributed by atoms with van der Waals surface area (Å²) in [5, 5.41) is 3.57. The molecule has 0 aromatic rings. The van der Waals surface area contributed by atoms with E-state index >= 15 is 0 Å². The largest absolute Gasteiger partial charge is 0.307 e. The summed E-state index contributed by atoms with van der Waals surface area (Å²) in [5.41, 5.74) is 1.48. The Labute approximate surface area is 93.4 Å². The van der Waals surface area contributed by atoms with Gasteiger partial charge in [-0.05, 0) is 26.2 Å². The second-order valence-corrected chi connectivity index (χ2v) is 3.74. The van der Waals surface area contributed by atoms with E-state index in [9.17, 15) is 0 Å². The molecule has 14 heavy (non-hydrogen) atoms. The zero-order valence-electron chi connectivity index (χ0n) is 8.83. The van der Waals surface area contributed by atoms with Gasteiger partial charge in [-0.25, -0.2) is 0 Å². The monoisotopic (exact) mass is 213 g/mol. The molecule has 0 saturated heterocycles. The Balaban J connectivity index is 0.00000169. The minimum Gasteiger partial charge on any atom is -0.307 e. The number of nitrogens with one attached hydrogen (secondary N) is 1.